The predicted molar refractivity (Wildman–Crippen MR) is 84.7 cm³/mol. The van der Waals surface area contributed by atoms with Crippen molar-refractivity contribution in [3.63, 3.8) is 0 Å². The first kappa shape index (κ1) is 18.2. The van der Waals surface area contributed by atoms with Gasteiger partial charge in [-0.05, 0) is 12.8 Å². The molecule has 1 aliphatic heterocycles. The second-order valence-electron chi connectivity index (χ2n) is 5.63. The summed E-state index contributed by atoms with van der Waals surface area (Å²) >= 11 is 0. The van der Waals surface area contributed by atoms with Gasteiger partial charge in [0.25, 0.3) is 0 Å². The van der Waals surface area contributed by atoms with Crippen LogP contribution in [0.1, 0.15) is 12.8 Å². The van der Waals surface area contributed by atoms with Gasteiger partial charge in [0.15, 0.2) is 5.96 Å². The van der Waals surface area contributed by atoms with E-state index in [-0.39, 0.29) is 30.9 Å². The minimum atomic E-state index is -0.0907. The number of hydrogen-bond donors (Lipinski definition) is 2. The number of hydrogen-bond acceptors (Lipinski definition) is 4. The molecule has 1 saturated heterocycles. The van der Waals surface area contributed by atoms with Gasteiger partial charge in [-0.3, -0.25) is 9.59 Å². The van der Waals surface area contributed by atoms with Crippen LogP contribution in [0.4, 0.5) is 0 Å². The number of aliphatic imine (C=N–C) groups is 1. The summed E-state index contributed by atoms with van der Waals surface area (Å²) in [5.41, 5.74) is 0. The van der Waals surface area contributed by atoms with E-state index < -0.39 is 0 Å². The van der Waals surface area contributed by atoms with Crippen molar-refractivity contribution in [1.29, 1.82) is 0 Å². The highest BCUT2D eigenvalue weighted by molar-refractivity contribution is 5.88. The molecule has 0 aliphatic carbocycles. The minimum Gasteiger partial charge on any atom is -0.381 e. The number of carbonyl (C=O) groups is 2. The van der Waals surface area contributed by atoms with Crippen LogP contribution in [-0.2, 0) is 14.3 Å². The molecule has 0 aromatic heterocycles. The standard InChI is InChI=1S/C14H27N5O3/c1-18(2)12(20)9-15-14(16-10-13(21)19(3)4)17-11-5-7-22-8-6-11/h11H,5-10H2,1-4H3,(H2,15,16,17). The molecule has 0 aromatic rings. The molecular formula is C14H27N5O3. The molecule has 1 aliphatic rings. The SMILES string of the molecule is CN(C)C(=O)CN=C(NCC(=O)N(C)C)NC1CCOCC1. The van der Waals surface area contributed by atoms with Gasteiger partial charge < -0.3 is 25.2 Å². The highest BCUT2D eigenvalue weighted by Gasteiger charge is 2.16. The first-order valence-corrected chi connectivity index (χ1v) is 7.43. The maximum Gasteiger partial charge on any atom is 0.243 e. The number of ether oxygens (including phenoxy) is 1. The number of amides is 2. The normalized spacial score (nSPS) is 16.1. The average molecular weight is 313 g/mol. The lowest BCUT2D eigenvalue weighted by Gasteiger charge is -2.25. The Morgan fingerprint density at radius 2 is 1.68 bits per heavy atom. The fraction of sp³-hybridized carbons (Fsp3) is 0.786. The zero-order chi connectivity index (χ0) is 16.5. The van der Waals surface area contributed by atoms with E-state index in [0.717, 1.165) is 12.8 Å². The molecule has 2 N–H and O–H groups in total. The largest absolute Gasteiger partial charge is 0.381 e. The third-order valence-corrected chi connectivity index (χ3v) is 3.34. The van der Waals surface area contributed by atoms with Gasteiger partial charge in [-0.1, -0.05) is 0 Å². The molecule has 1 heterocycles. The number of likely N-dealkylation sites (N-methyl/N-ethyl adjacent to an activating group) is 2. The van der Waals surface area contributed by atoms with E-state index >= 15 is 0 Å². The molecular weight excluding hydrogens is 286 g/mol. The van der Waals surface area contributed by atoms with Gasteiger partial charge in [-0.2, -0.15) is 0 Å². The third-order valence-electron chi connectivity index (χ3n) is 3.34. The molecule has 0 aromatic carbocycles. The summed E-state index contributed by atoms with van der Waals surface area (Å²) in [6.45, 7) is 1.59. The molecule has 0 radical (unpaired) electrons. The Morgan fingerprint density at radius 3 is 2.23 bits per heavy atom. The van der Waals surface area contributed by atoms with Crippen molar-refractivity contribution < 1.29 is 14.3 Å². The summed E-state index contributed by atoms with van der Waals surface area (Å²) in [6, 6.07) is 0.240. The Bertz CT molecular complexity index is 403. The van der Waals surface area contributed by atoms with Gasteiger partial charge in [0.05, 0.1) is 6.54 Å². The quantitative estimate of drug-likeness (QED) is 0.496. The lowest BCUT2D eigenvalue weighted by molar-refractivity contribution is -0.127. The van der Waals surface area contributed by atoms with Gasteiger partial charge in [0, 0.05) is 47.4 Å². The maximum atomic E-state index is 11.7. The summed E-state index contributed by atoms with van der Waals surface area (Å²) in [5, 5.41) is 6.24. The molecule has 0 atom stereocenters. The van der Waals surface area contributed by atoms with Crippen LogP contribution in [0.2, 0.25) is 0 Å². The molecule has 1 rings (SSSR count). The zero-order valence-corrected chi connectivity index (χ0v) is 13.9. The Labute approximate surface area is 131 Å². The fourth-order valence-corrected chi connectivity index (χ4v) is 1.79. The van der Waals surface area contributed by atoms with Crippen molar-refractivity contribution in [1.82, 2.24) is 20.4 Å². The first-order valence-electron chi connectivity index (χ1n) is 7.43. The van der Waals surface area contributed by atoms with Gasteiger partial charge in [-0.25, -0.2) is 4.99 Å². The molecule has 1 fully saturated rings. The van der Waals surface area contributed by atoms with Crippen molar-refractivity contribution in [2.75, 3.05) is 54.5 Å². The Hall–Kier alpha value is -1.83. The van der Waals surface area contributed by atoms with E-state index in [4.69, 9.17) is 4.74 Å². The molecule has 0 bridgehead atoms. The van der Waals surface area contributed by atoms with E-state index in [9.17, 15) is 9.59 Å². The summed E-state index contributed by atoms with van der Waals surface area (Å²) in [5.74, 6) is 0.338. The highest BCUT2D eigenvalue weighted by Crippen LogP contribution is 2.05. The summed E-state index contributed by atoms with van der Waals surface area (Å²) in [7, 11) is 6.77. The summed E-state index contributed by atoms with van der Waals surface area (Å²) in [4.78, 5) is 30.6. The van der Waals surface area contributed by atoms with Crippen LogP contribution in [0.15, 0.2) is 4.99 Å². The maximum absolute atomic E-state index is 11.7. The number of nitrogens with zero attached hydrogens (tertiary/aromatic N) is 3. The van der Waals surface area contributed by atoms with Crippen LogP contribution in [0, 0.1) is 0 Å². The van der Waals surface area contributed by atoms with Crippen LogP contribution < -0.4 is 10.6 Å². The van der Waals surface area contributed by atoms with Gasteiger partial charge in [-0.15, -0.1) is 0 Å². The Balaban J connectivity index is 2.60. The van der Waals surface area contributed by atoms with Crippen LogP contribution in [0.25, 0.3) is 0 Å². The lowest BCUT2D eigenvalue weighted by Crippen LogP contribution is -2.48. The Morgan fingerprint density at radius 1 is 1.09 bits per heavy atom. The van der Waals surface area contributed by atoms with E-state index in [1.807, 2.05) is 0 Å². The first-order chi connectivity index (χ1) is 10.4. The zero-order valence-electron chi connectivity index (χ0n) is 13.9. The molecule has 8 nitrogen and oxygen atoms in total. The summed E-state index contributed by atoms with van der Waals surface area (Å²) in [6.07, 6.45) is 1.76. The van der Waals surface area contributed by atoms with Gasteiger partial charge >= 0.3 is 0 Å². The Kier molecular flexibility index (Phi) is 7.65. The van der Waals surface area contributed by atoms with Crippen LogP contribution in [-0.4, -0.2) is 88.1 Å². The smallest absolute Gasteiger partial charge is 0.243 e. The molecule has 2 amide bonds. The van der Waals surface area contributed by atoms with Crippen LogP contribution in [0.5, 0.6) is 0 Å². The van der Waals surface area contributed by atoms with Crippen LogP contribution in [0.3, 0.4) is 0 Å². The lowest BCUT2D eigenvalue weighted by atomic mass is 10.1. The number of guanidine groups is 1. The molecule has 22 heavy (non-hydrogen) atoms. The molecule has 0 saturated carbocycles. The van der Waals surface area contributed by atoms with E-state index in [1.54, 1.807) is 28.2 Å². The molecule has 126 valence electrons. The topological polar surface area (TPSA) is 86.3 Å². The average Bonchev–Trinajstić information content (AvgIpc) is 2.49. The van der Waals surface area contributed by atoms with E-state index in [2.05, 4.69) is 15.6 Å². The van der Waals surface area contributed by atoms with E-state index in [0.29, 0.717) is 19.2 Å². The van der Waals surface area contributed by atoms with Crippen molar-refractivity contribution >= 4 is 17.8 Å². The van der Waals surface area contributed by atoms with E-state index in [1.165, 1.54) is 9.80 Å². The third kappa shape index (κ3) is 6.75. The van der Waals surface area contributed by atoms with Crippen molar-refractivity contribution in [2.24, 2.45) is 4.99 Å². The van der Waals surface area contributed by atoms with Crippen LogP contribution >= 0.6 is 0 Å². The van der Waals surface area contributed by atoms with Crippen molar-refractivity contribution in [3.05, 3.63) is 0 Å². The number of carbonyl (C=O) groups excluding carboxylic acids is 2. The predicted octanol–water partition coefficient (Wildman–Crippen LogP) is -1.12. The molecule has 0 unspecified atom stereocenters. The van der Waals surface area contributed by atoms with Crippen molar-refractivity contribution in [3.8, 4) is 0 Å². The fourth-order valence-electron chi connectivity index (χ4n) is 1.79. The highest BCUT2D eigenvalue weighted by atomic mass is 16.5. The number of rotatable bonds is 5. The van der Waals surface area contributed by atoms with Crippen molar-refractivity contribution in [2.45, 2.75) is 18.9 Å². The molecule has 8 heteroatoms. The monoisotopic (exact) mass is 313 g/mol. The van der Waals surface area contributed by atoms with Gasteiger partial charge in [0.2, 0.25) is 11.8 Å². The second kappa shape index (κ2) is 9.24. The summed E-state index contributed by atoms with van der Waals surface area (Å²) < 4.78 is 5.32. The number of nitrogens with one attached hydrogen (secondary N) is 2. The molecule has 0 spiro atoms. The minimum absolute atomic E-state index is 0.0434. The second-order valence-corrected chi connectivity index (χ2v) is 5.63. The van der Waals surface area contributed by atoms with Gasteiger partial charge in [0.1, 0.15) is 6.54 Å².